The molecule has 16 heavy (non-hydrogen) atoms. The van der Waals surface area contributed by atoms with E-state index in [-0.39, 0.29) is 0 Å². The first-order valence-corrected chi connectivity index (χ1v) is 6.73. The van der Waals surface area contributed by atoms with Crippen LogP contribution in [-0.2, 0) is 0 Å². The zero-order chi connectivity index (χ0) is 11.3. The molecule has 0 aliphatic heterocycles. The molecule has 3 heterocycles. The molecule has 0 unspecified atom stereocenters. The Hall–Kier alpha value is -1.20. The Labute approximate surface area is 101 Å². The molecule has 82 valence electrons. The number of aromatic amines is 1. The van der Waals surface area contributed by atoms with Gasteiger partial charge in [-0.2, -0.15) is 5.10 Å². The van der Waals surface area contributed by atoms with Gasteiger partial charge in [-0.05, 0) is 37.3 Å². The second kappa shape index (κ2) is 3.40. The van der Waals surface area contributed by atoms with Gasteiger partial charge in [-0.25, -0.2) is 4.98 Å². The van der Waals surface area contributed by atoms with Crippen LogP contribution in [0.3, 0.4) is 0 Å². The molecule has 3 nitrogen and oxygen atoms in total. The topological polar surface area (TPSA) is 41.6 Å². The highest BCUT2D eigenvalue weighted by Gasteiger charge is 2.16. The summed E-state index contributed by atoms with van der Waals surface area (Å²) >= 11 is 3.59. The Balaban J connectivity index is 2.28. The van der Waals surface area contributed by atoms with E-state index in [0.717, 1.165) is 11.6 Å². The molecule has 0 bridgehead atoms. The van der Waals surface area contributed by atoms with Crippen LogP contribution in [-0.4, -0.2) is 15.2 Å². The Morgan fingerprint density at radius 2 is 2.06 bits per heavy atom. The zero-order valence-electron chi connectivity index (χ0n) is 9.29. The Bertz CT molecular complexity index is 660. The van der Waals surface area contributed by atoms with E-state index in [1.807, 2.05) is 6.92 Å². The van der Waals surface area contributed by atoms with Gasteiger partial charge in [-0.3, -0.25) is 5.10 Å². The van der Waals surface area contributed by atoms with Crippen molar-refractivity contribution in [1.29, 1.82) is 0 Å². The van der Waals surface area contributed by atoms with Crippen molar-refractivity contribution in [1.82, 2.24) is 15.2 Å². The fourth-order valence-corrected chi connectivity index (χ4v) is 4.34. The van der Waals surface area contributed by atoms with Crippen molar-refractivity contribution in [2.75, 3.05) is 0 Å². The van der Waals surface area contributed by atoms with Crippen LogP contribution in [0.4, 0.5) is 0 Å². The van der Waals surface area contributed by atoms with Crippen LogP contribution in [0.5, 0.6) is 0 Å². The number of nitrogens with one attached hydrogen (secondary N) is 1. The van der Waals surface area contributed by atoms with Gasteiger partial charge in [-0.1, -0.05) is 0 Å². The number of hydrogen-bond acceptors (Lipinski definition) is 4. The first-order valence-electron chi connectivity index (χ1n) is 5.03. The molecule has 5 heteroatoms. The molecular formula is C11H11N3S2. The molecule has 0 radical (unpaired) electrons. The number of hydrogen-bond donors (Lipinski definition) is 1. The van der Waals surface area contributed by atoms with Gasteiger partial charge < -0.3 is 0 Å². The first kappa shape index (κ1) is 9.99. The third-order valence-electron chi connectivity index (χ3n) is 2.65. The SMILES string of the molecule is Cc1nc(-c2sc3scc(C)c3c2C)n[nH]1. The molecule has 0 aliphatic carbocycles. The molecule has 0 atom stereocenters. The molecule has 0 saturated carbocycles. The highest BCUT2D eigenvalue weighted by Crippen LogP contribution is 2.41. The average Bonchev–Trinajstić information content (AvgIpc) is 2.87. The second-order valence-corrected chi connectivity index (χ2v) is 6.04. The minimum absolute atomic E-state index is 0.822. The number of nitrogens with zero attached hydrogens (tertiary/aromatic N) is 2. The second-order valence-electron chi connectivity index (χ2n) is 3.88. The summed E-state index contributed by atoms with van der Waals surface area (Å²) in [7, 11) is 0. The highest BCUT2D eigenvalue weighted by molar-refractivity contribution is 7.39. The van der Waals surface area contributed by atoms with E-state index in [2.05, 4.69) is 34.4 Å². The monoisotopic (exact) mass is 249 g/mol. The normalized spacial score (nSPS) is 11.4. The van der Waals surface area contributed by atoms with Crippen molar-refractivity contribution in [3.8, 4) is 10.7 Å². The molecule has 0 aliphatic rings. The molecule has 3 aromatic rings. The summed E-state index contributed by atoms with van der Waals surface area (Å²) in [5, 5.41) is 10.7. The van der Waals surface area contributed by atoms with Crippen LogP contribution in [0.2, 0.25) is 0 Å². The van der Waals surface area contributed by atoms with Crippen molar-refractivity contribution in [2.45, 2.75) is 20.8 Å². The van der Waals surface area contributed by atoms with E-state index in [0.29, 0.717) is 0 Å². The van der Waals surface area contributed by atoms with Crippen LogP contribution in [0.25, 0.3) is 20.1 Å². The lowest BCUT2D eigenvalue weighted by atomic mass is 10.1. The third kappa shape index (κ3) is 1.32. The molecule has 0 amide bonds. The lowest BCUT2D eigenvalue weighted by molar-refractivity contribution is 1.04. The van der Waals surface area contributed by atoms with Crippen molar-refractivity contribution >= 4 is 32.1 Å². The first-order chi connectivity index (χ1) is 7.66. The van der Waals surface area contributed by atoms with Crippen molar-refractivity contribution < 1.29 is 0 Å². The Morgan fingerprint density at radius 1 is 1.25 bits per heavy atom. The summed E-state index contributed by atoms with van der Waals surface area (Å²) in [5.74, 6) is 1.69. The largest absolute Gasteiger partial charge is 0.263 e. The molecular weight excluding hydrogens is 238 g/mol. The molecule has 0 aromatic carbocycles. The van der Waals surface area contributed by atoms with E-state index < -0.39 is 0 Å². The summed E-state index contributed by atoms with van der Waals surface area (Å²) < 4.78 is 1.37. The molecule has 0 spiro atoms. The van der Waals surface area contributed by atoms with Crippen LogP contribution < -0.4 is 0 Å². The van der Waals surface area contributed by atoms with Crippen LogP contribution in [0.1, 0.15) is 17.0 Å². The molecule has 1 N–H and O–H groups in total. The van der Waals surface area contributed by atoms with Crippen LogP contribution in [0.15, 0.2) is 5.38 Å². The Kier molecular flexibility index (Phi) is 2.12. The highest BCUT2D eigenvalue weighted by atomic mass is 32.2. The molecule has 0 fully saturated rings. The fraction of sp³-hybridized carbons (Fsp3) is 0.273. The average molecular weight is 249 g/mol. The van der Waals surface area contributed by atoms with Gasteiger partial charge in [0.1, 0.15) is 5.82 Å². The lowest BCUT2D eigenvalue weighted by Gasteiger charge is -1.92. The predicted molar refractivity (Wildman–Crippen MR) is 69.3 cm³/mol. The number of H-pyrrole nitrogens is 1. The maximum Gasteiger partial charge on any atom is 0.191 e. The van der Waals surface area contributed by atoms with E-state index in [4.69, 9.17) is 0 Å². The van der Waals surface area contributed by atoms with E-state index in [9.17, 15) is 0 Å². The number of rotatable bonds is 1. The van der Waals surface area contributed by atoms with Gasteiger partial charge in [0.25, 0.3) is 0 Å². The van der Waals surface area contributed by atoms with Gasteiger partial charge in [0.05, 0.1) is 8.89 Å². The van der Waals surface area contributed by atoms with Gasteiger partial charge in [0.2, 0.25) is 0 Å². The summed E-state index contributed by atoms with van der Waals surface area (Å²) in [5.41, 5.74) is 2.66. The van der Waals surface area contributed by atoms with Gasteiger partial charge in [-0.15, -0.1) is 22.7 Å². The minimum Gasteiger partial charge on any atom is -0.263 e. The zero-order valence-corrected chi connectivity index (χ0v) is 10.9. The van der Waals surface area contributed by atoms with Crippen molar-refractivity contribution in [3.05, 3.63) is 22.3 Å². The van der Waals surface area contributed by atoms with Crippen molar-refractivity contribution in [3.63, 3.8) is 0 Å². The standard InChI is InChI=1S/C11H11N3S2/c1-5-4-15-11-8(5)6(2)9(16-11)10-12-7(3)13-14-10/h4H,1-3H3,(H,12,13,14). The predicted octanol–water partition coefficient (Wildman–Crippen LogP) is 3.67. The molecule has 0 saturated heterocycles. The van der Waals surface area contributed by atoms with Gasteiger partial charge >= 0.3 is 0 Å². The quantitative estimate of drug-likeness (QED) is 0.715. The maximum atomic E-state index is 4.39. The third-order valence-corrected chi connectivity index (χ3v) is 5.16. The van der Waals surface area contributed by atoms with E-state index in [1.165, 1.54) is 25.4 Å². The van der Waals surface area contributed by atoms with Crippen LogP contribution >= 0.6 is 22.7 Å². The summed E-state index contributed by atoms with van der Waals surface area (Å²) in [4.78, 5) is 5.58. The molecule has 3 rings (SSSR count). The van der Waals surface area contributed by atoms with E-state index >= 15 is 0 Å². The van der Waals surface area contributed by atoms with Gasteiger partial charge in [0, 0.05) is 5.39 Å². The van der Waals surface area contributed by atoms with Gasteiger partial charge in [0.15, 0.2) is 5.82 Å². The summed E-state index contributed by atoms with van der Waals surface area (Å²) in [6.07, 6.45) is 0. The van der Waals surface area contributed by atoms with E-state index in [1.54, 1.807) is 22.7 Å². The number of aryl methyl sites for hydroxylation is 3. The maximum absolute atomic E-state index is 4.39. The minimum atomic E-state index is 0.822. The number of fused-ring (bicyclic) bond motifs is 1. The fourth-order valence-electron chi connectivity index (χ4n) is 1.89. The van der Waals surface area contributed by atoms with Crippen LogP contribution in [0, 0.1) is 20.8 Å². The summed E-state index contributed by atoms with van der Waals surface area (Å²) in [6.45, 7) is 6.23. The smallest absolute Gasteiger partial charge is 0.191 e. The van der Waals surface area contributed by atoms with Crippen molar-refractivity contribution in [2.24, 2.45) is 0 Å². The Morgan fingerprint density at radius 3 is 2.69 bits per heavy atom. The summed E-state index contributed by atoms with van der Waals surface area (Å²) in [6, 6.07) is 0. The number of thiophene rings is 2. The number of aromatic nitrogens is 3. The molecule has 3 aromatic heterocycles. The lowest BCUT2D eigenvalue weighted by Crippen LogP contribution is -1.79.